The Bertz CT molecular complexity index is 514. The van der Waals surface area contributed by atoms with Gasteiger partial charge in [-0.25, -0.2) is 9.18 Å². The molecule has 0 aliphatic heterocycles. The number of hydrogen-bond donors (Lipinski definition) is 3. The largest absolute Gasteiger partial charge is 0.394 e. The summed E-state index contributed by atoms with van der Waals surface area (Å²) in [5.74, 6) is -0.583. The van der Waals surface area contributed by atoms with Gasteiger partial charge >= 0.3 is 6.03 Å². The van der Waals surface area contributed by atoms with E-state index in [4.69, 9.17) is 11.6 Å². The van der Waals surface area contributed by atoms with Crippen molar-refractivity contribution in [2.75, 3.05) is 26.2 Å². The molecular weight excluding hydrogens is 321 g/mol. The fourth-order valence-electron chi connectivity index (χ4n) is 2.27. The maximum atomic E-state index is 13.5. The highest BCUT2D eigenvalue weighted by Crippen LogP contribution is 2.20. The summed E-state index contributed by atoms with van der Waals surface area (Å²) in [6.45, 7) is 8.07. The van der Waals surface area contributed by atoms with Crippen LogP contribution in [0.4, 0.5) is 9.18 Å². The van der Waals surface area contributed by atoms with Crippen molar-refractivity contribution in [1.82, 2.24) is 15.5 Å². The molecule has 0 aromatic heterocycles. The van der Waals surface area contributed by atoms with Gasteiger partial charge in [0.25, 0.3) is 0 Å². The maximum absolute atomic E-state index is 13.5. The highest BCUT2D eigenvalue weighted by Gasteiger charge is 2.15. The van der Waals surface area contributed by atoms with Crippen LogP contribution in [0.5, 0.6) is 0 Å². The van der Waals surface area contributed by atoms with E-state index in [-0.39, 0.29) is 11.6 Å². The molecule has 0 spiro atoms. The minimum atomic E-state index is -0.686. The van der Waals surface area contributed by atoms with Gasteiger partial charge in [-0.2, -0.15) is 0 Å². The molecule has 2 amide bonds. The molecule has 0 heterocycles. The van der Waals surface area contributed by atoms with Gasteiger partial charge in [0.15, 0.2) is 0 Å². The molecule has 5 nitrogen and oxygen atoms in total. The number of nitrogens with zero attached hydrogens (tertiary/aromatic N) is 1. The van der Waals surface area contributed by atoms with Gasteiger partial charge in [-0.3, -0.25) is 4.90 Å². The van der Waals surface area contributed by atoms with Crippen molar-refractivity contribution in [2.45, 2.75) is 32.9 Å². The lowest BCUT2D eigenvalue weighted by molar-refractivity contribution is 0.209. The number of carbonyl (C=O) groups excluding carboxylic acids is 1. The first kappa shape index (κ1) is 19.7. The zero-order valence-corrected chi connectivity index (χ0v) is 14.5. The Morgan fingerprint density at radius 2 is 2.13 bits per heavy atom. The molecule has 23 heavy (non-hydrogen) atoms. The molecule has 1 rings (SSSR count). The third kappa shape index (κ3) is 6.33. The number of benzene rings is 1. The Hall–Kier alpha value is -1.37. The summed E-state index contributed by atoms with van der Waals surface area (Å²) >= 11 is 5.63. The highest BCUT2D eigenvalue weighted by atomic mass is 35.5. The number of amides is 2. The molecule has 0 bridgehead atoms. The lowest BCUT2D eigenvalue weighted by atomic mass is 10.1. The number of hydrogen-bond acceptors (Lipinski definition) is 3. The van der Waals surface area contributed by atoms with Crippen molar-refractivity contribution in [3.8, 4) is 0 Å². The Balaban J connectivity index is 2.52. The number of halogens is 2. The van der Waals surface area contributed by atoms with Crippen LogP contribution < -0.4 is 10.6 Å². The number of aliphatic hydroxyl groups is 1. The lowest BCUT2D eigenvalue weighted by Gasteiger charge is -2.25. The van der Waals surface area contributed by atoms with Crippen LogP contribution in [0.15, 0.2) is 18.2 Å². The van der Waals surface area contributed by atoms with Gasteiger partial charge in [-0.15, -0.1) is 0 Å². The smallest absolute Gasteiger partial charge is 0.315 e. The Labute approximate surface area is 141 Å². The fourth-order valence-corrected chi connectivity index (χ4v) is 2.38. The fraction of sp³-hybridized carbons (Fsp3) is 0.562. The van der Waals surface area contributed by atoms with Crippen LogP contribution in [0.2, 0.25) is 5.02 Å². The van der Waals surface area contributed by atoms with E-state index in [0.29, 0.717) is 18.2 Å². The average Bonchev–Trinajstić information content (AvgIpc) is 2.51. The van der Waals surface area contributed by atoms with Crippen LogP contribution in [0, 0.1) is 5.82 Å². The standard InChI is InChI=1S/C16H25ClFN3O2/c1-4-21(11(2)3)8-7-19-16(23)20-15(10-22)12-5-6-13(17)14(18)9-12/h5-6,9,11,15,22H,4,7-8,10H2,1-3H3,(H2,19,20,23). The van der Waals surface area contributed by atoms with Crippen LogP contribution in [0.3, 0.4) is 0 Å². The predicted molar refractivity (Wildman–Crippen MR) is 90.2 cm³/mol. The van der Waals surface area contributed by atoms with E-state index in [1.165, 1.54) is 12.1 Å². The summed E-state index contributed by atoms with van der Waals surface area (Å²) in [6, 6.07) is 3.50. The Morgan fingerprint density at radius 3 is 2.65 bits per heavy atom. The lowest BCUT2D eigenvalue weighted by Crippen LogP contribution is -2.43. The van der Waals surface area contributed by atoms with E-state index in [9.17, 15) is 14.3 Å². The van der Waals surface area contributed by atoms with Gasteiger partial charge in [0.1, 0.15) is 5.82 Å². The molecule has 130 valence electrons. The molecule has 7 heteroatoms. The summed E-state index contributed by atoms with van der Waals surface area (Å²) in [6.07, 6.45) is 0. The Kier molecular flexibility index (Phi) is 8.30. The number of aliphatic hydroxyl groups excluding tert-OH is 1. The van der Waals surface area contributed by atoms with Crippen LogP contribution in [0.25, 0.3) is 0 Å². The van der Waals surface area contributed by atoms with Crippen molar-refractivity contribution in [1.29, 1.82) is 0 Å². The second-order valence-electron chi connectivity index (χ2n) is 5.53. The number of nitrogens with one attached hydrogen (secondary N) is 2. The van der Waals surface area contributed by atoms with Crippen molar-refractivity contribution in [2.24, 2.45) is 0 Å². The van der Waals surface area contributed by atoms with Gasteiger partial charge in [-0.1, -0.05) is 24.6 Å². The number of urea groups is 1. The SMILES string of the molecule is CCN(CCNC(=O)NC(CO)c1ccc(Cl)c(F)c1)C(C)C. The first-order valence-corrected chi connectivity index (χ1v) is 8.11. The van der Waals surface area contributed by atoms with Gasteiger partial charge in [0.05, 0.1) is 17.7 Å². The quantitative estimate of drug-likeness (QED) is 0.678. The third-order valence-electron chi connectivity index (χ3n) is 3.65. The zero-order valence-electron chi connectivity index (χ0n) is 13.8. The van der Waals surface area contributed by atoms with E-state index < -0.39 is 17.9 Å². The van der Waals surface area contributed by atoms with Crippen LogP contribution in [0.1, 0.15) is 32.4 Å². The number of rotatable bonds is 8. The van der Waals surface area contributed by atoms with Crippen LogP contribution in [-0.2, 0) is 0 Å². The first-order chi connectivity index (χ1) is 10.9. The summed E-state index contributed by atoms with van der Waals surface area (Å²) < 4.78 is 13.5. The van der Waals surface area contributed by atoms with Crippen LogP contribution in [-0.4, -0.2) is 48.3 Å². The minimum Gasteiger partial charge on any atom is -0.394 e. The molecule has 0 saturated carbocycles. The first-order valence-electron chi connectivity index (χ1n) is 7.73. The second-order valence-corrected chi connectivity index (χ2v) is 5.94. The van der Waals surface area contributed by atoms with Gasteiger partial charge in [-0.05, 0) is 38.1 Å². The van der Waals surface area contributed by atoms with E-state index >= 15 is 0 Å². The molecule has 0 aliphatic rings. The predicted octanol–water partition coefficient (Wildman–Crippen LogP) is 2.54. The third-order valence-corrected chi connectivity index (χ3v) is 3.96. The molecule has 1 unspecified atom stereocenters. The molecule has 0 fully saturated rings. The van der Waals surface area contributed by atoms with E-state index in [1.807, 2.05) is 0 Å². The summed E-state index contributed by atoms with van der Waals surface area (Å²) in [5, 5.41) is 14.8. The van der Waals surface area contributed by atoms with E-state index in [1.54, 1.807) is 6.07 Å². The molecule has 1 aromatic carbocycles. The van der Waals surface area contributed by atoms with Crippen molar-refractivity contribution >= 4 is 17.6 Å². The molecule has 1 atom stereocenters. The van der Waals surface area contributed by atoms with Crippen LogP contribution >= 0.6 is 11.6 Å². The van der Waals surface area contributed by atoms with Gasteiger partial charge in [0.2, 0.25) is 0 Å². The topological polar surface area (TPSA) is 64.6 Å². The number of likely N-dealkylation sites (N-methyl/N-ethyl adjacent to an activating group) is 1. The van der Waals surface area contributed by atoms with E-state index in [0.717, 1.165) is 13.1 Å². The second kappa shape index (κ2) is 9.70. The highest BCUT2D eigenvalue weighted by molar-refractivity contribution is 6.30. The van der Waals surface area contributed by atoms with Crippen molar-refractivity contribution in [3.05, 3.63) is 34.6 Å². The zero-order chi connectivity index (χ0) is 17.4. The molecule has 0 aliphatic carbocycles. The maximum Gasteiger partial charge on any atom is 0.315 e. The van der Waals surface area contributed by atoms with Gasteiger partial charge < -0.3 is 15.7 Å². The molecular formula is C16H25ClFN3O2. The monoisotopic (exact) mass is 345 g/mol. The van der Waals surface area contributed by atoms with Crippen molar-refractivity contribution < 1.29 is 14.3 Å². The van der Waals surface area contributed by atoms with E-state index in [2.05, 4.69) is 36.3 Å². The average molecular weight is 346 g/mol. The minimum absolute atomic E-state index is 0.00299. The summed E-state index contributed by atoms with van der Waals surface area (Å²) in [7, 11) is 0. The van der Waals surface area contributed by atoms with Gasteiger partial charge in [0, 0.05) is 19.1 Å². The Morgan fingerprint density at radius 1 is 1.43 bits per heavy atom. The summed E-state index contributed by atoms with van der Waals surface area (Å²) in [4.78, 5) is 14.1. The normalized spacial score (nSPS) is 12.5. The molecule has 0 saturated heterocycles. The number of carbonyl (C=O) groups is 1. The summed E-state index contributed by atoms with van der Waals surface area (Å²) in [5.41, 5.74) is 0.460. The van der Waals surface area contributed by atoms with Crippen molar-refractivity contribution in [3.63, 3.8) is 0 Å². The molecule has 3 N–H and O–H groups in total. The molecule has 0 radical (unpaired) electrons. The molecule has 1 aromatic rings.